The Labute approximate surface area is 164 Å². The van der Waals surface area contributed by atoms with Crippen molar-refractivity contribution in [2.45, 2.75) is 19.9 Å². The Hall–Kier alpha value is -2.03. The minimum Gasteiger partial charge on any atom is -0.370 e. The summed E-state index contributed by atoms with van der Waals surface area (Å²) in [4.78, 5) is 23.3. The summed E-state index contributed by atoms with van der Waals surface area (Å²) in [5, 5.41) is 4.64. The van der Waals surface area contributed by atoms with Crippen molar-refractivity contribution in [3.63, 3.8) is 0 Å². The van der Waals surface area contributed by atoms with Crippen molar-refractivity contribution in [1.29, 1.82) is 0 Å². The maximum atomic E-state index is 12.2. The van der Waals surface area contributed by atoms with Gasteiger partial charge < -0.3 is 24.8 Å². The summed E-state index contributed by atoms with van der Waals surface area (Å²) in [6.07, 6.45) is 1.07. The molecule has 0 amide bonds. The van der Waals surface area contributed by atoms with Gasteiger partial charge in [0.25, 0.3) is 5.56 Å². The molecule has 1 aromatic carbocycles. The average molecular weight is 391 g/mol. The number of fused-ring (bicyclic) bond motifs is 1. The minimum atomic E-state index is -0.112. The first kappa shape index (κ1) is 19.7. The third-order valence-corrected chi connectivity index (χ3v) is 5.26. The molecule has 1 fully saturated rings. The van der Waals surface area contributed by atoms with E-state index in [1.807, 2.05) is 30.0 Å². The first-order valence-electron chi connectivity index (χ1n) is 9.59. The van der Waals surface area contributed by atoms with E-state index in [4.69, 9.17) is 17.0 Å². The zero-order chi connectivity index (χ0) is 19.1. The van der Waals surface area contributed by atoms with Gasteiger partial charge in [0.05, 0.1) is 37.2 Å². The SMILES string of the molecule is CCN(Cc1nc2ccccc2c(=O)[nH]1)C(=S)NCCC[NH+]1CCOCC1. The summed E-state index contributed by atoms with van der Waals surface area (Å²) in [5.74, 6) is 0.627. The topological polar surface area (TPSA) is 74.7 Å². The van der Waals surface area contributed by atoms with Crippen LogP contribution in [0.25, 0.3) is 10.9 Å². The molecular formula is C19H28N5O2S+. The molecule has 0 bridgehead atoms. The van der Waals surface area contributed by atoms with Gasteiger partial charge in [-0.15, -0.1) is 0 Å². The number of nitrogens with zero attached hydrogens (tertiary/aromatic N) is 2. The number of aromatic amines is 1. The number of hydrogen-bond acceptors (Lipinski definition) is 4. The number of aromatic nitrogens is 2. The van der Waals surface area contributed by atoms with Crippen molar-refractivity contribution < 1.29 is 9.64 Å². The number of hydrogen-bond donors (Lipinski definition) is 3. The van der Waals surface area contributed by atoms with Crippen LogP contribution in [0.1, 0.15) is 19.2 Å². The summed E-state index contributed by atoms with van der Waals surface area (Å²) in [5.41, 5.74) is 0.596. The van der Waals surface area contributed by atoms with Crippen LogP contribution in [-0.2, 0) is 11.3 Å². The number of H-pyrrole nitrogens is 1. The quantitative estimate of drug-likeness (QED) is 0.454. The van der Waals surface area contributed by atoms with Gasteiger partial charge in [-0.1, -0.05) is 12.1 Å². The minimum absolute atomic E-state index is 0.112. The van der Waals surface area contributed by atoms with E-state index < -0.39 is 0 Å². The predicted molar refractivity (Wildman–Crippen MR) is 110 cm³/mol. The summed E-state index contributed by atoms with van der Waals surface area (Å²) in [7, 11) is 0. The molecule has 0 unspecified atom stereocenters. The van der Waals surface area contributed by atoms with Crippen LogP contribution in [0.4, 0.5) is 0 Å². The van der Waals surface area contributed by atoms with Gasteiger partial charge in [0.15, 0.2) is 5.11 Å². The van der Waals surface area contributed by atoms with Crippen LogP contribution >= 0.6 is 12.2 Å². The second-order valence-electron chi connectivity index (χ2n) is 6.74. The number of morpholine rings is 1. The molecule has 1 aromatic heterocycles. The molecule has 2 aromatic rings. The number of para-hydroxylation sites is 1. The molecule has 0 radical (unpaired) electrons. The zero-order valence-corrected chi connectivity index (χ0v) is 16.6. The van der Waals surface area contributed by atoms with Crippen molar-refractivity contribution in [2.75, 3.05) is 45.9 Å². The normalized spacial score (nSPS) is 15.0. The maximum absolute atomic E-state index is 12.2. The Morgan fingerprint density at radius 3 is 2.93 bits per heavy atom. The van der Waals surface area contributed by atoms with Crippen molar-refractivity contribution >= 4 is 28.2 Å². The number of benzene rings is 1. The van der Waals surface area contributed by atoms with E-state index in [1.165, 1.54) is 0 Å². The van der Waals surface area contributed by atoms with Crippen LogP contribution < -0.4 is 15.8 Å². The lowest BCUT2D eigenvalue weighted by atomic mass is 10.2. The summed E-state index contributed by atoms with van der Waals surface area (Å²) < 4.78 is 5.39. The second-order valence-corrected chi connectivity index (χ2v) is 7.13. The van der Waals surface area contributed by atoms with E-state index >= 15 is 0 Å². The third kappa shape index (κ3) is 5.47. The second kappa shape index (κ2) is 9.77. The van der Waals surface area contributed by atoms with Crippen LogP contribution in [0.2, 0.25) is 0 Å². The van der Waals surface area contributed by atoms with Gasteiger partial charge in [-0.25, -0.2) is 4.98 Å². The van der Waals surface area contributed by atoms with Gasteiger partial charge in [0, 0.05) is 19.5 Å². The fourth-order valence-electron chi connectivity index (χ4n) is 3.27. The number of rotatable bonds is 7. The lowest BCUT2D eigenvalue weighted by Crippen LogP contribution is -3.14. The highest BCUT2D eigenvalue weighted by Gasteiger charge is 2.14. The standard InChI is InChI=1S/C19H27N5O2S/c1-2-24(19(27)20-8-5-9-23-10-12-26-13-11-23)14-17-21-16-7-4-3-6-15(16)18(25)22-17/h3-4,6-7H,2,5,8-14H2,1H3,(H,20,27)(H,21,22,25)/p+1. The molecule has 1 aliphatic heterocycles. The van der Waals surface area contributed by atoms with Crippen molar-refractivity contribution in [2.24, 2.45) is 0 Å². The molecule has 7 nitrogen and oxygen atoms in total. The molecule has 1 saturated heterocycles. The van der Waals surface area contributed by atoms with Gasteiger partial charge in [-0.3, -0.25) is 4.79 Å². The summed E-state index contributed by atoms with van der Waals surface area (Å²) in [6.45, 7) is 9.16. The van der Waals surface area contributed by atoms with E-state index in [0.29, 0.717) is 28.4 Å². The highest BCUT2D eigenvalue weighted by atomic mass is 32.1. The Morgan fingerprint density at radius 2 is 2.15 bits per heavy atom. The largest absolute Gasteiger partial charge is 0.370 e. The molecule has 27 heavy (non-hydrogen) atoms. The third-order valence-electron chi connectivity index (χ3n) is 4.85. The molecule has 0 spiro atoms. The van der Waals surface area contributed by atoms with E-state index in [-0.39, 0.29) is 5.56 Å². The Bertz CT molecular complexity index is 819. The number of quaternary nitrogens is 1. The molecule has 0 aliphatic carbocycles. The van der Waals surface area contributed by atoms with Gasteiger partial charge in [0.2, 0.25) is 0 Å². The highest BCUT2D eigenvalue weighted by Crippen LogP contribution is 2.07. The Morgan fingerprint density at radius 1 is 1.37 bits per heavy atom. The molecule has 2 heterocycles. The summed E-state index contributed by atoms with van der Waals surface area (Å²) in [6, 6.07) is 7.37. The number of nitrogens with one attached hydrogen (secondary N) is 3. The van der Waals surface area contributed by atoms with E-state index in [2.05, 4.69) is 15.3 Å². The smallest absolute Gasteiger partial charge is 0.258 e. The first-order valence-corrected chi connectivity index (χ1v) is 10.00. The molecule has 8 heteroatoms. The fourth-order valence-corrected chi connectivity index (χ4v) is 3.57. The average Bonchev–Trinajstić information content (AvgIpc) is 2.70. The number of ether oxygens (including phenoxy) is 1. The van der Waals surface area contributed by atoms with E-state index in [1.54, 1.807) is 11.0 Å². The van der Waals surface area contributed by atoms with Crippen LogP contribution in [0.5, 0.6) is 0 Å². The maximum Gasteiger partial charge on any atom is 0.258 e. The van der Waals surface area contributed by atoms with Crippen molar-refractivity contribution in [1.82, 2.24) is 20.2 Å². The van der Waals surface area contributed by atoms with Crippen LogP contribution in [-0.4, -0.2) is 65.9 Å². The van der Waals surface area contributed by atoms with Crippen LogP contribution in [0.15, 0.2) is 29.1 Å². The van der Waals surface area contributed by atoms with Crippen molar-refractivity contribution in [3.8, 4) is 0 Å². The van der Waals surface area contributed by atoms with Crippen LogP contribution in [0, 0.1) is 0 Å². The first-order chi connectivity index (χ1) is 13.2. The summed E-state index contributed by atoms with van der Waals surface area (Å²) >= 11 is 5.54. The highest BCUT2D eigenvalue weighted by molar-refractivity contribution is 7.80. The lowest BCUT2D eigenvalue weighted by molar-refractivity contribution is -0.908. The fraction of sp³-hybridized carbons (Fsp3) is 0.526. The molecule has 0 atom stereocenters. The number of thiocarbonyl (C=S) groups is 1. The molecule has 0 saturated carbocycles. The Kier molecular flexibility index (Phi) is 7.14. The molecule has 1 aliphatic rings. The molecule has 146 valence electrons. The van der Waals surface area contributed by atoms with Gasteiger partial charge in [-0.2, -0.15) is 0 Å². The molecular weight excluding hydrogens is 362 g/mol. The molecule has 3 rings (SSSR count). The zero-order valence-electron chi connectivity index (χ0n) is 15.8. The monoisotopic (exact) mass is 390 g/mol. The van der Waals surface area contributed by atoms with Gasteiger partial charge >= 0.3 is 0 Å². The van der Waals surface area contributed by atoms with Crippen molar-refractivity contribution in [3.05, 3.63) is 40.4 Å². The van der Waals surface area contributed by atoms with E-state index in [0.717, 1.165) is 52.4 Å². The van der Waals surface area contributed by atoms with Gasteiger partial charge in [0.1, 0.15) is 18.9 Å². The van der Waals surface area contributed by atoms with Gasteiger partial charge in [-0.05, 0) is 31.3 Å². The predicted octanol–water partition coefficient (Wildman–Crippen LogP) is -0.0753. The van der Waals surface area contributed by atoms with Crippen LogP contribution in [0.3, 0.4) is 0 Å². The molecule has 3 N–H and O–H groups in total. The Balaban J connectivity index is 1.52. The lowest BCUT2D eigenvalue weighted by Gasteiger charge is -2.25. The van der Waals surface area contributed by atoms with E-state index in [9.17, 15) is 4.79 Å².